The van der Waals surface area contributed by atoms with Gasteiger partial charge in [-0.05, 0) is 36.8 Å². The fourth-order valence-electron chi connectivity index (χ4n) is 2.99. The zero-order chi connectivity index (χ0) is 19.4. The van der Waals surface area contributed by atoms with Gasteiger partial charge in [-0.15, -0.1) is 0 Å². The molecule has 0 aliphatic carbocycles. The number of ether oxygens (including phenoxy) is 1. The molecule has 0 amide bonds. The number of thioether (sulfide) groups is 1. The Balaban J connectivity index is 1.77. The number of esters is 1. The van der Waals surface area contributed by atoms with E-state index in [4.69, 9.17) is 4.74 Å². The van der Waals surface area contributed by atoms with Gasteiger partial charge >= 0.3 is 5.97 Å². The van der Waals surface area contributed by atoms with E-state index in [2.05, 4.69) is 23.7 Å². The quantitative estimate of drug-likeness (QED) is 0.200. The molecular formula is C23H39NO2S. The molecule has 1 aromatic heterocycles. The Hall–Kier alpha value is -1.03. The third kappa shape index (κ3) is 15.7. The summed E-state index contributed by atoms with van der Waals surface area (Å²) >= 11 is 2.07. The molecule has 1 heterocycles. The number of unbranched alkanes of at least 4 members (excludes halogenated alkanes) is 10. The number of hydrogen-bond acceptors (Lipinski definition) is 4. The molecule has 1 rings (SSSR count). The lowest BCUT2D eigenvalue weighted by molar-refractivity contribution is -0.145. The molecule has 0 spiro atoms. The number of hydrogen-bond donors (Lipinski definition) is 0. The van der Waals surface area contributed by atoms with Crippen LogP contribution in [0.25, 0.3) is 0 Å². The second-order valence-electron chi connectivity index (χ2n) is 7.27. The summed E-state index contributed by atoms with van der Waals surface area (Å²) in [4.78, 5) is 15.7. The van der Waals surface area contributed by atoms with Crippen LogP contribution in [-0.2, 0) is 16.1 Å². The van der Waals surface area contributed by atoms with Crippen molar-refractivity contribution in [1.82, 2.24) is 4.98 Å². The molecule has 0 saturated carbocycles. The van der Waals surface area contributed by atoms with Crippen molar-refractivity contribution in [3.05, 3.63) is 30.1 Å². The lowest BCUT2D eigenvalue weighted by Gasteiger charge is -2.05. The number of aromatic nitrogens is 1. The number of nitrogens with zero attached hydrogens (tertiary/aromatic N) is 1. The smallest absolute Gasteiger partial charge is 0.306 e. The molecule has 154 valence electrons. The Morgan fingerprint density at radius 2 is 1.56 bits per heavy atom. The van der Waals surface area contributed by atoms with E-state index in [0.717, 1.165) is 18.4 Å². The van der Waals surface area contributed by atoms with Gasteiger partial charge in [0.1, 0.15) is 6.61 Å². The standard InChI is InChI=1S/C23H39NO2S/c1-2-3-4-5-6-7-8-9-12-18-27-19-13-10-11-16-23(25)26-21-22-15-14-17-24-20-22/h14-15,17,20H,2-13,16,18-19,21H2,1H3. The predicted molar refractivity (Wildman–Crippen MR) is 117 cm³/mol. The zero-order valence-electron chi connectivity index (χ0n) is 17.3. The van der Waals surface area contributed by atoms with E-state index in [1.165, 1.54) is 75.7 Å². The molecule has 0 saturated heterocycles. The molecule has 0 N–H and O–H groups in total. The van der Waals surface area contributed by atoms with Gasteiger partial charge in [0.05, 0.1) is 0 Å². The monoisotopic (exact) mass is 393 g/mol. The first-order valence-electron chi connectivity index (χ1n) is 10.9. The highest BCUT2D eigenvalue weighted by Gasteiger charge is 2.03. The van der Waals surface area contributed by atoms with Crippen molar-refractivity contribution in [1.29, 1.82) is 0 Å². The maximum absolute atomic E-state index is 11.7. The summed E-state index contributed by atoms with van der Waals surface area (Å²) in [6, 6.07) is 3.78. The third-order valence-corrected chi connectivity index (χ3v) is 5.84. The van der Waals surface area contributed by atoms with Crippen LogP contribution in [0.2, 0.25) is 0 Å². The SMILES string of the molecule is CCCCCCCCCCCSCCCCCC(=O)OCc1cccnc1. The molecule has 1 aromatic rings. The van der Waals surface area contributed by atoms with Crippen LogP contribution in [0, 0.1) is 0 Å². The average molecular weight is 394 g/mol. The average Bonchev–Trinajstić information content (AvgIpc) is 2.70. The second kappa shape index (κ2) is 18.3. The molecule has 27 heavy (non-hydrogen) atoms. The van der Waals surface area contributed by atoms with Gasteiger partial charge in [0.15, 0.2) is 0 Å². The molecule has 0 radical (unpaired) electrons. The summed E-state index contributed by atoms with van der Waals surface area (Å²) in [5, 5.41) is 0. The second-order valence-corrected chi connectivity index (χ2v) is 8.50. The molecule has 0 bridgehead atoms. The van der Waals surface area contributed by atoms with Crippen LogP contribution in [0.5, 0.6) is 0 Å². The predicted octanol–water partition coefficient (Wildman–Crippen LogP) is 6.95. The van der Waals surface area contributed by atoms with Crippen molar-refractivity contribution in [2.24, 2.45) is 0 Å². The zero-order valence-corrected chi connectivity index (χ0v) is 18.1. The minimum atomic E-state index is -0.0961. The van der Waals surface area contributed by atoms with Crippen LogP contribution in [0.15, 0.2) is 24.5 Å². The van der Waals surface area contributed by atoms with Crippen LogP contribution in [0.1, 0.15) is 96.0 Å². The molecule has 0 aromatic carbocycles. The maximum atomic E-state index is 11.7. The number of rotatable bonds is 18. The van der Waals surface area contributed by atoms with Crippen molar-refractivity contribution in [3.8, 4) is 0 Å². The maximum Gasteiger partial charge on any atom is 0.306 e. The highest BCUT2D eigenvalue weighted by Crippen LogP contribution is 2.13. The van der Waals surface area contributed by atoms with Gasteiger partial charge in [-0.1, -0.05) is 70.8 Å². The van der Waals surface area contributed by atoms with E-state index < -0.39 is 0 Å². The van der Waals surface area contributed by atoms with E-state index in [1.54, 1.807) is 12.4 Å². The normalized spacial score (nSPS) is 10.9. The van der Waals surface area contributed by atoms with Crippen molar-refractivity contribution in [2.45, 2.75) is 97.0 Å². The minimum Gasteiger partial charge on any atom is -0.461 e. The first-order chi connectivity index (χ1) is 13.3. The highest BCUT2D eigenvalue weighted by molar-refractivity contribution is 7.99. The van der Waals surface area contributed by atoms with Crippen molar-refractivity contribution >= 4 is 17.7 Å². The van der Waals surface area contributed by atoms with Gasteiger partial charge < -0.3 is 4.74 Å². The summed E-state index contributed by atoms with van der Waals surface area (Å²) < 4.78 is 5.26. The molecule has 3 nitrogen and oxygen atoms in total. The van der Waals surface area contributed by atoms with Crippen LogP contribution >= 0.6 is 11.8 Å². The van der Waals surface area contributed by atoms with Crippen molar-refractivity contribution in [2.75, 3.05) is 11.5 Å². The molecular weight excluding hydrogens is 354 g/mol. The van der Waals surface area contributed by atoms with E-state index >= 15 is 0 Å². The van der Waals surface area contributed by atoms with Crippen LogP contribution in [0.4, 0.5) is 0 Å². The Morgan fingerprint density at radius 3 is 2.19 bits per heavy atom. The number of carbonyl (C=O) groups excluding carboxylic acids is 1. The lowest BCUT2D eigenvalue weighted by atomic mass is 10.1. The van der Waals surface area contributed by atoms with Crippen molar-refractivity contribution < 1.29 is 9.53 Å². The van der Waals surface area contributed by atoms with Gasteiger partial charge in [-0.2, -0.15) is 11.8 Å². The van der Waals surface area contributed by atoms with E-state index in [-0.39, 0.29) is 5.97 Å². The fourth-order valence-corrected chi connectivity index (χ4v) is 4.01. The topological polar surface area (TPSA) is 39.2 Å². The summed E-state index contributed by atoms with van der Waals surface area (Å²) in [6.07, 6.45) is 19.9. The number of carbonyl (C=O) groups is 1. The van der Waals surface area contributed by atoms with Gasteiger partial charge in [0.25, 0.3) is 0 Å². The minimum absolute atomic E-state index is 0.0961. The molecule has 0 unspecified atom stereocenters. The molecule has 0 atom stereocenters. The Bertz CT molecular complexity index is 453. The van der Waals surface area contributed by atoms with Crippen LogP contribution in [-0.4, -0.2) is 22.5 Å². The first kappa shape index (κ1) is 24.0. The van der Waals surface area contributed by atoms with Gasteiger partial charge in [-0.25, -0.2) is 0 Å². The number of pyridine rings is 1. The van der Waals surface area contributed by atoms with Crippen LogP contribution in [0.3, 0.4) is 0 Å². The molecule has 0 aliphatic heterocycles. The largest absolute Gasteiger partial charge is 0.461 e. The van der Waals surface area contributed by atoms with Gasteiger partial charge in [0.2, 0.25) is 0 Å². The summed E-state index contributed by atoms with van der Waals surface area (Å²) in [7, 11) is 0. The van der Waals surface area contributed by atoms with Crippen molar-refractivity contribution in [3.63, 3.8) is 0 Å². The lowest BCUT2D eigenvalue weighted by Crippen LogP contribution is -2.04. The third-order valence-electron chi connectivity index (χ3n) is 4.68. The molecule has 4 heteroatoms. The van der Waals surface area contributed by atoms with E-state index in [1.807, 2.05) is 12.1 Å². The first-order valence-corrected chi connectivity index (χ1v) is 12.1. The Labute approximate surface area is 171 Å². The summed E-state index contributed by atoms with van der Waals surface area (Å²) in [5.41, 5.74) is 0.943. The van der Waals surface area contributed by atoms with E-state index in [9.17, 15) is 4.79 Å². The Kier molecular flexibility index (Phi) is 16.3. The summed E-state index contributed by atoms with van der Waals surface area (Å²) in [6.45, 7) is 2.61. The highest BCUT2D eigenvalue weighted by atomic mass is 32.2. The molecule has 0 fully saturated rings. The van der Waals surface area contributed by atoms with Gasteiger partial charge in [-0.3, -0.25) is 9.78 Å². The molecule has 0 aliphatic rings. The van der Waals surface area contributed by atoms with Gasteiger partial charge in [0, 0.05) is 24.4 Å². The Morgan fingerprint density at radius 1 is 0.926 bits per heavy atom. The summed E-state index contributed by atoms with van der Waals surface area (Å²) in [5.74, 6) is 2.42. The fraction of sp³-hybridized carbons (Fsp3) is 0.739. The van der Waals surface area contributed by atoms with Crippen LogP contribution < -0.4 is 0 Å². The van der Waals surface area contributed by atoms with E-state index in [0.29, 0.717) is 13.0 Å².